The van der Waals surface area contributed by atoms with Gasteiger partial charge in [-0.1, -0.05) is 0 Å². The highest BCUT2D eigenvalue weighted by atomic mass is 16.6. The first-order chi connectivity index (χ1) is 8.04. The van der Waals surface area contributed by atoms with Crippen LogP contribution in [0.1, 0.15) is 10.4 Å². The molecule has 0 fully saturated rings. The highest BCUT2D eigenvalue weighted by Gasteiger charge is 2.21. The van der Waals surface area contributed by atoms with Gasteiger partial charge < -0.3 is 15.4 Å². The quantitative estimate of drug-likeness (QED) is 0.469. The van der Waals surface area contributed by atoms with Crippen LogP contribution in [-0.4, -0.2) is 32.1 Å². The molecule has 1 rings (SSSR count). The van der Waals surface area contributed by atoms with E-state index in [0.29, 0.717) is 11.4 Å². The number of benzene rings is 1. The second kappa shape index (κ2) is 5.15. The fraction of sp³-hybridized carbons (Fsp3) is 0.300. The molecular weight excluding hydrogens is 226 g/mol. The monoisotopic (exact) mass is 239 g/mol. The molecule has 0 bridgehead atoms. The first-order valence-corrected chi connectivity index (χ1v) is 4.81. The van der Waals surface area contributed by atoms with Gasteiger partial charge in [0, 0.05) is 20.2 Å². The fourth-order valence-electron chi connectivity index (χ4n) is 1.43. The largest absolute Gasteiger partial charge is 0.465 e. The summed E-state index contributed by atoms with van der Waals surface area (Å²) in [7, 11) is 4.41. The number of anilines is 2. The molecule has 0 amide bonds. The van der Waals surface area contributed by atoms with Gasteiger partial charge in [0.1, 0.15) is 5.69 Å². The molecule has 0 aliphatic carbocycles. The highest BCUT2D eigenvalue weighted by Crippen LogP contribution is 2.31. The van der Waals surface area contributed by atoms with Crippen molar-refractivity contribution in [2.75, 3.05) is 31.8 Å². The Morgan fingerprint density at radius 1 is 1.29 bits per heavy atom. The molecule has 1 aromatic carbocycles. The maximum Gasteiger partial charge on any atom is 0.340 e. The van der Waals surface area contributed by atoms with Gasteiger partial charge in [-0.3, -0.25) is 10.1 Å². The molecule has 17 heavy (non-hydrogen) atoms. The van der Waals surface area contributed by atoms with Crippen molar-refractivity contribution in [2.45, 2.75) is 0 Å². The lowest BCUT2D eigenvalue weighted by Crippen LogP contribution is -2.08. The topological polar surface area (TPSA) is 93.5 Å². The SMILES string of the molecule is CNc1cc(NC)c([N+](=O)[O-])cc1C(=O)OC. The van der Waals surface area contributed by atoms with E-state index in [1.807, 2.05) is 0 Å². The van der Waals surface area contributed by atoms with Crippen LogP contribution in [0.25, 0.3) is 0 Å². The molecule has 0 aliphatic heterocycles. The van der Waals surface area contributed by atoms with Crippen molar-refractivity contribution in [3.05, 3.63) is 27.8 Å². The minimum absolute atomic E-state index is 0.126. The third kappa shape index (κ3) is 2.44. The fourth-order valence-corrected chi connectivity index (χ4v) is 1.43. The predicted octanol–water partition coefficient (Wildman–Crippen LogP) is 1.46. The summed E-state index contributed by atoms with van der Waals surface area (Å²) in [4.78, 5) is 21.7. The Labute approximate surface area is 97.9 Å². The molecule has 92 valence electrons. The van der Waals surface area contributed by atoms with Gasteiger partial charge in [-0.05, 0) is 6.07 Å². The maximum absolute atomic E-state index is 11.5. The maximum atomic E-state index is 11.5. The number of carbonyl (C=O) groups is 1. The second-order valence-electron chi connectivity index (χ2n) is 3.16. The number of carbonyl (C=O) groups excluding carboxylic acids is 1. The number of rotatable bonds is 4. The molecule has 7 heteroatoms. The molecule has 0 radical (unpaired) electrons. The average molecular weight is 239 g/mol. The Bertz CT molecular complexity index is 459. The van der Waals surface area contributed by atoms with Crippen LogP contribution in [0.3, 0.4) is 0 Å². The van der Waals surface area contributed by atoms with Crippen LogP contribution in [0.2, 0.25) is 0 Å². The van der Waals surface area contributed by atoms with E-state index >= 15 is 0 Å². The van der Waals surface area contributed by atoms with E-state index < -0.39 is 10.9 Å². The highest BCUT2D eigenvalue weighted by molar-refractivity contribution is 5.98. The van der Waals surface area contributed by atoms with Crippen LogP contribution in [0, 0.1) is 10.1 Å². The van der Waals surface area contributed by atoms with Gasteiger partial charge in [0.25, 0.3) is 5.69 Å². The normalized spacial score (nSPS) is 9.59. The van der Waals surface area contributed by atoms with Crippen LogP contribution < -0.4 is 10.6 Å². The van der Waals surface area contributed by atoms with E-state index in [0.717, 1.165) is 0 Å². The van der Waals surface area contributed by atoms with Crippen molar-refractivity contribution >= 4 is 23.0 Å². The Balaban J connectivity index is 3.44. The standard InChI is InChI=1S/C10H13N3O4/c1-11-7-5-8(12-2)9(13(15)16)4-6(7)10(14)17-3/h4-5,11-12H,1-3H3. The second-order valence-corrected chi connectivity index (χ2v) is 3.16. The summed E-state index contributed by atoms with van der Waals surface area (Å²) < 4.78 is 4.57. The van der Waals surface area contributed by atoms with Gasteiger partial charge in [0.2, 0.25) is 0 Å². The Kier molecular flexibility index (Phi) is 3.86. The minimum atomic E-state index is -0.625. The Hall–Kier alpha value is -2.31. The van der Waals surface area contributed by atoms with Crippen molar-refractivity contribution in [2.24, 2.45) is 0 Å². The van der Waals surface area contributed by atoms with Crippen LogP contribution in [-0.2, 0) is 4.74 Å². The number of methoxy groups -OCH3 is 1. The number of nitrogens with zero attached hydrogens (tertiary/aromatic N) is 1. The van der Waals surface area contributed by atoms with Gasteiger partial charge in [-0.2, -0.15) is 0 Å². The molecule has 0 heterocycles. The summed E-state index contributed by atoms with van der Waals surface area (Å²) in [5.74, 6) is -0.625. The number of nitro benzene ring substituents is 1. The van der Waals surface area contributed by atoms with Crippen molar-refractivity contribution in [3.63, 3.8) is 0 Å². The summed E-state index contributed by atoms with van der Waals surface area (Å²) in [5.41, 5.74) is 0.742. The molecule has 7 nitrogen and oxygen atoms in total. The molecule has 2 N–H and O–H groups in total. The smallest absolute Gasteiger partial charge is 0.340 e. The molecule has 0 aliphatic rings. The number of hydrogen-bond acceptors (Lipinski definition) is 6. The molecule has 0 spiro atoms. The van der Waals surface area contributed by atoms with Gasteiger partial charge in [0.15, 0.2) is 0 Å². The number of nitro groups is 1. The first kappa shape index (κ1) is 12.8. The third-order valence-electron chi connectivity index (χ3n) is 2.28. The van der Waals surface area contributed by atoms with E-state index in [1.165, 1.54) is 19.2 Å². The zero-order valence-corrected chi connectivity index (χ0v) is 9.73. The van der Waals surface area contributed by atoms with Gasteiger partial charge in [-0.15, -0.1) is 0 Å². The van der Waals surface area contributed by atoms with Gasteiger partial charge >= 0.3 is 5.97 Å². The Morgan fingerprint density at radius 2 is 1.88 bits per heavy atom. The minimum Gasteiger partial charge on any atom is -0.465 e. The van der Waals surface area contributed by atoms with Crippen molar-refractivity contribution in [1.29, 1.82) is 0 Å². The van der Waals surface area contributed by atoms with Crippen molar-refractivity contribution in [1.82, 2.24) is 0 Å². The van der Waals surface area contributed by atoms with Crippen LogP contribution in [0.15, 0.2) is 12.1 Å². The van der Waals surface area contributed by atoms with E-state index in [9.17, 15) is 14.9 Å². The molecule has 0 unspecified atom stereocenters. The van der Waals surface area contributed by atoms with Gasteiger partial charge in [0.05, 0.1) is 23.3 Å². The molecule has 0 atom stereocenters. The summed E-state index contributed by atoms with van der Waals surface area (Å²) in [6.45, 7) is 0. The zero-order valence-electron chi connectivity index (χ0n) is 9.73. The van der Waals surface area contributed by atoms with E-state index in [1.54, 1.807) is 14.1 Å². The Morgan fingerprint density at radius 3 is 2.29 bits per heavy atom. The molecule has 0 aromatic heterocycles. The van der Waals surface area contributed by atoms with Crippen LogP contribution in [0.5, 0.6) is 0 Å². The summed E-state index contributed by atoms with van der Waals surface area (Å²) in [6.07, 6.45) is 0. The zero-order chi connectivity index (χ0) is 13.0. The molecule has 1 aromatic rings. The first-order valence-electron chi connectivity index (χ1n) is 4.81. The average Bonchev–Trinajstić information content (AvgIpc) is 2.35. The lowest BCUT2D eigenvalue weighted by atomic mass is 10.1. The summed E-state index contributed by atoms with van der Waals surface area (Å²) >= 11 is 0. The van der Waals surface area contributed by atoms with Crippen molar-refractivity contribution < 1.29 is 14.5 Å². The lowest BCUT2D eigenvalue weighted by molar-refractivity contribution is -0.384. The number of ether oxygens (including phenoxy) is 1. The lowest BCUT2D eigenvalue weighted by Gasteiger charge is -2.10. The van der Waals surface area contributed by atoms with Crippen molar-refractivity contribution in [3.8, 4) is 0 Å². The van der Waals surface area contributed by atoms with Crippen LogP contribution >= 0.6 is 0 Å². The van der Waals surface area contributed by atoms with Crippen LogP contribution in [0.4, 0.5) is 17.1 Å². The van der Waals surface area contributed by atoms with E-state index in [2.05, 4.69) is 15.4 Å². The number of esters is 1. The molecular formula is C10H13N3O4. The molecule has 0 saturated carbocycles. The summed E-state index contributed by atoms with van der Waals surface area (Å²) in [5, 5.41) is 16.3. The number of nitrogens with one attached hydrogen (secondary N) is 2. The van der Waals surface area contributed by atoms with Gasteiger partial charge in [-0.25, -0.2) is 4.79 Å². The third-order valence-corrected chi connectivity index (χ3v) is 2.28. The van der Waals surface area contributed by atoms with E-state index in [4.69, 9.17) is 0 Å². The predicted molar refractivity (Wildman–Crippen MR) is 63.5 cm³/mol. The summed E-state index contributed by atoms with van der Waals surface area (Å²) in [6, 6.07) is 2.67. The van der Waals surface area contributed by atoms with E-state index in [-0.39, 0.29) is 11.3 Å². The number of hydrogen-bond donors (Lipinski definition) is 2. The molecule has 0 saturated heterocycles.